The number of piperazine rings is 1. The largest absolute Gasteiger partial charge is 0.378 e. The zero-order chi connectivity index (χ0) is 13.0. The van der Waals surface area contributed by atoms with E-state index >= 15 is 0 Å². The van der Waals surface area contributed by atoms with E-state index in [1.807, 2.05) is 6.92 Å². The van der Waals surface area contributed by atoms with Gasteiger partial charge in [-0.2, -0.15) is 0 Å². The molecule has 2 fully saturated rings. The summed E-state index contributed by atoms with van der Waals surface area (Å²) in [6.45, 7) is 3.57. The Bertz CT molecular complexity index is 313. The average molecular weight is 254 g/mol. The molecule has 0 radical (unpaired) electrons. The molecular weight excluding hydrogens is 232 g/mol. The third-order valence-electron chi connectivity index (χ3n) is 3.68. The highest BCUT2D eigenvalue weighted by Crippen LogP contribution is 2.16. The lowest BCUT2D eigenvalue weighted by Crippen LogP contribution is -2.58. The van der Waals surface area contributed by atoms with E-state index in [1.54, 1.807) is 4.90 Å². The van der Waals surface area contributed by atoms with Gasteiger partial charge in [-0.05, 0) is 32.1 Å². The van der Waals surface area contributed by atoms with Gasteiger partial charge >= 0.3 is 0 Å². The van der Waals surface area contributed by atoms with Crippen molar-refractivity contribution in [1.82, 2.24) is 10.2 Å². The van der Waals surface area contributed by atoms with Crippen molar-refractivity contribution in [3.05, 3.63) is 0 Å². The topological polar surface area (TPSA) is 58.6 Å². The van der Waals surface area contributed by atoms with E-state index < -0.39 is 0 Å². The SMILES string of the molecule is CCC1NC(=O)CN(CCC2CCCCO2)C1=O. The summed E-state index contributed by atoms with van der Waals surface area (Å²) in [7, 11) is 0. The van der Waals surface area contributed by atoms with Crippen LogP contribution in [-0.4, -0.2) is 48.6 Å². The minimum atomic E-state index is -0.335. The third kappa shape index (κ3) is 3.22. The number of nitrogens with one attached hydrogen (secondary N) is 1. The predicted octanol–water partition coefficient (Wildman–Crippen LogP) is 0.683. The zero-order valence-electron chi connectivity index (χ0n) is 11.0. The maximum Gasteiger partial charge on any atom is 0.245 e. The molecule has 0 saturated carbocycles. The number of ether oxygens (including phenoxy) is 1. The maximum atomic E-state index is 12.0. The summed E-state index contributed by atoms with van der Waals surface area (Å²) >= 11 is 0. The first kappa shape index (κ1) is 13.3. The first-order valence-electron chi connectivity index (χ1n) is 6.90. The molecule has 1 N–H and O–H groups in total. The van der Waals surface area contributed by atoms with Crippen molar-refractivity contribution in [3.8, 4) is 0 Å². The predicted molar refractivity (Wildman–Crippen MR) is 67.0 cm³/mol. The third-order valence-corrected chi connectivity index (χ3v) is 3.68. The lowest BCUT2D eigenvalue weighted by Gasteiger charge is -2.33. The Morgan fingerprint density at radius 2 is 2.22 bits per heavy atom. The Hall–Kier alpha value is -1.10. The molecule has 18 heavy (non-hydrogen) atoms. The van der Waals surface area contributed by atoms with Crippen molar-refractivity contribution in [1.29, 1.82) is 0 Å². The zero-order valence-corrected chi connectivity index (χ0v) is 11.0. The Balaban J connectivity index is 1.83. The molecule has 0 bridgehead atoms. The van der Waals surface area contributed by atoms with E-state index in [9.17, 15) is 9.59 Å². The molecule has 2 rings (SSSR count). The summed E-state index contributed by atoms with van der Waals surface area (Å²) in [6, 6.07) is -0.335. The summed E-state index contributed by atoms with van der Waals surface area (Å²) in [5.74, 6) is -0.000998. The molecule has 5 nitrogen and oxygen atoms in total. The van der Waals surface area contributed by atoms with Gasteiger partial charge in [0, 0.05) is 13.2 Å². The van der Waals surface area contributed by atoms with Gasteiger partial charge in [-0.1, -0.05) is 6.92 Å². The summed E-state index contributed by atoms with van der Waals surface area (Å²) in [5, 5.41) is 2.72. The van der Waals surface area contributed by atoms with Crippen LogP contribution in [0.3, 0.4) is 0 Å². The second-order valence-electron chi connectivity index (χ2n) is 5.07. The molecule has 0 aromatic carbocycles. The van der Waals surface area contributed by atoms with Gasteiger partial charge in [-0.15, -0.1) is 0 Å². The molecule has 2 aliphatic rings. The highest BCUT2D eigenvalue weighted by Gasteiger charge is 2.31. The number of rotatable bonds is 4. The van der Waals surface area contributed by atoms with E-state index in [1.165, 1.54) is 6.42 Å². The van der Waals surface area contributed by atoms with Crippen molar-refractivity contribution in [2.24, 2.45) is 0 Å². The Morgan fingerprint density at radius 1 is 1.39 bits per heavy atom. The molecule has 2 atom stereocenters. The van der Waals surface area contributed by atoms with Crippen LogP contribution in [0.15, 0.2) is 0 Å². The molecule has 2 saturated heterocycles. The summed E-state index contributed by atoms with van der Waals surface area (Å²) in [6.07, 6.45) is 5.18. The Kier molecular flexibility index (Phi) is 4.58. The van der Waals surface area contributed by atoms with Crippen molar-refractivity contribution in [2.45, 2.75) is 51.2 Å². The molecule has 0 aliphatic carbocycles. The number of amides is 2. The number of carbonyl (C=O) groups is 2. The summed E-state index contributed by atoms with van der Waals surface area (Å²) in [5.41, 5.74) is 0. The summed E-state index contributed by atoms with van der Waals surface area (Å²) in [4.78, 5) is 25.2. The van der Waals surface area contributed by atoms with Gasteiger partial charge in [-0.3, -0.25) is 9.59 Å². The Morgan fingerprint density at radius 3 is 2.89 bits per heavy atom. The first-order chi connectivity index (χ1) is 8.70. The monoisotopic (exact) mass is 254 g/mol. The van der Waals surface area contributed by atoms with Crippen LogP contribution in [0.4, 0.5) is 0 Å². The van der Waals surface area contributed by atoms with E-state index in [-0.39, 0.29) is 30.5 Å². The van der Waals surface area contributed by atoms with E-state index in [0.29, 0.717) is 13.0 Å². The number of hydrogen-bond donors (Lipinski definition) is 1. The first-order valence-corrected chi connectivity index (χ1v) is 6.90. The van der Waals surface area contributed by atoms with Gasteiger partial charge in [0.25, 0.3) is 0 Å². The second kappa shape index (κ2) is 6.18. The summed E-state index contributed by atoms with van der Waals surface area (Å²) < 4.78 is 5.65. The maximum absolute atomic E-state index is 12.0. The van der Waals surface area contributed by atoms with Crippen LogP contribution < -0.4 is 5.32 Å². The fourth-order valence-electron chi connectivity index (χ4n) is 2.57. The normalized spacial score (nSPS) is 29.3. The minimum Gasteiger partial charge on any atom is -0.378 e. The van der Waals surface area contributed by atoms with Gasteiger partial charge in [0.2, 0.25) is 11.8 Å². The van der Waals surface area contributed by atoms with Crippen LogP contribution in [0.25, 0.3) is 0 Å². The fourth-order valence-corrected chi connectivity index (χ4v) is 2.57. The second-order valence-corrected chi connectivity index (χ2v) is 5.07. The standard InChI is InChI=1S/C13H22N2O3/c1-2-11-13(17)15(9-12(16)14-11)7-6-10-5-3-4-8-18-10/h10-11H,2-9H2,1H3,(H,14,16). The highest BCUT2D eigenvalue weighted by molar-refractivity contribution is 5.94. The van der Waals surface area contributed by atoms with Crippen LogP contribution in [0, 0.1) is 0 Å². The van der Waals surface area contributed by atoms with Gasteiger partial charge in [0.05, 0.1) is 12.6 Å². The molecule has 5 heteroatoms. The molecule has 0 aromatic rings. The molecule has 2 unspecified atom stereocenters. The average Bonchev–Trinajstić information content (AvgIpc) is 2.40. The van der Waals surface area contributed by atoms with Crippen LogP contribution >= 0.6 is 0 Å². The van der Waals surface area contributed by atoms with Crippen molar-refractivity contribution >= 4 is 11.8 Å². The van der Waals surface area contributed by atoms with E-state index in [2.05, 4.69) is 5.32 Å². The van der Waals surface area contributed by atoms with Crippen LogP contribution in [0.5, 0.6) is 0 Å². The molecule has 2 heterocycles. The van der Waals surface area contributed by atoms with Gasteiger partial charge in [0.1, 0.15) is 6.04 Å². The fraction of sp³-hybridized carbons (Fsp3) is 0.846. The van der Waals surface area contributed by atoms with Crippen LogP contribution in [-0.2, 0) is 14.3 Å². The van der Waals surface area contributed by atoms with Gasteiger partial charge in [-0.25, -0.2) is 0 Å². The number of nitrogens with zero attached hydrogens (tertiary/aromatic N) is 1. The highest BCUT2D eigenvalue weighted by atomic mass is 16.5. The van der Waals surface area contributed by atoms with E-state index in [0.717, 1.165) is 25.9 Å². The molecule has 0 aromatic heterocycles. The lowest BCUT2D eigenvalue weighted by atomic mass is 10.1. The van der Waals surface area contributed by atoms with Crippen molar-refractivity contribution in [3.63, 3.8) is 0 Å². The van der Waals surface area contributed by atoms with Gasteiger partial charge in [0.15, 0.2) is 0 Å². The quantitative estimate of drug-likeness (QED) is 0.802. The molecule has 2 aliphatic heterocycles. The van der Waals surface area contributed by atoms with Gasteiger partial charge < -0.3 is 15.0 Å². The lowest BCUT2D eigenvalue weighted by molar-refractivity contribution is -0.144. The molecule has 102 valence electrons. The molecule has 2 amide bonds. The molecular formula is C13H22N2O3. The number of carbonyl (C=O) groups excluding carboxylic acids is 2. The van der Waals surface area contributed by atoms with Crippen LogP contribution in [0.2, 0.25) is 0 Å². The number of hydrogen-bond acceptors (Lipinski definition) is 3. The smallest absolute Gasteiger partial charge is 0.245 e. The molecule has 0 spiro atoms. The minimum absolute atomic E-state index is 0.0490. The Labute approximate surface area is 108 Å². The van der Waals surface area contributed by atoms with E-state index in [4.69, 9.17) is 4.74 Å². The van der Waals surface area contributed by atoms with Crippen LogP contribution in [0.1, 0.15) is 39.0 Å². The van der Waals surface area contributed by atoms with Crippen molar-refractivity contribution in [2.75, 3.05) is 19.7 Å². The van der Waals surface area contributed by atoms with Crippen molar-refractivity contribution < 1.29 is 14.3 Å².